The van der Waals surface area contributed by atoms with Gasteiger partial charge in [-0.15, -0.1) is 0 Å². The first kappa shape index (κ1) is 16.3. The largest absolute Gasteiger partial charge is 0.496 e. The number of methoxy groups -OCH3 is 1. The molecule has 0 atom stereocenters. The molecule has 0 saturated heterocycles. The number of anilines is 1. The average molecular weight is 326 g/mol. The molecular formula is C19H22N2O3. The van der Waals surface area contributed by atoms with Crippen molar-refractivity contribution in [3.8, 4) is 5.75 Å². The van der Waals surface area contributed by atoms with Crippen molar-refractivity contribution >= 4 is 11.6 Å². The Balaban J connectivity index is 1.84. The minimum absolute atomic E-state index is 0.444. The fraction of sp³-hybridized carbons (Fsp3) is 0.316. The Kier molecular flexibility index (Phi) is 5.01. The number of hydrogen-bond acceptors (Lipinski definition) is 4. The number of rotatable bonds is 4. The third kappa shape index (κ3) is 3.36. The molecule has 0 bridgehead atoms. The molecule has 1 amide bonds. The van der Waals surface area contributed by atoms with Crippen molar-refractivity contribution < 1.29 is 14.7 Å². The molecule has 0 fully saturated rings. The fourth-order valence-corrected chi connectivity index (χ4v) is 3.23. The number of carbonyl (C=O) groups excluding carboxylic acids is 1. The number of fused-ring (bicyclic) bond motifs is 1. The maximum absolute atomic E-state index is 11.4. The first-order valence-electron chi connectivity index (χ1n) is 8.17. The van der Waals surface area contributed by atoms with Gasteiger partial charge in [0.1, 0.15) is 5.75 Å². The van der Waals surface area contributed by atoms with Gasteiger partial charge in [0.15, 0.2) is 0 Å². The predicted molar refractivity (Wildman–Crippen MR) is 92.7 cm³/mol. The Labute approximate surface area is 141 Å². The highest BCUT2D eigenvalue weighted by molar-refractivity contribution is 5.93. The zero-order valence-corrected chi connectivity index (χ0v) is 13.8. The van der Waals surface area contributed by atoms with Gasteiger partial charge in [-0.3, -0.25) is 10.0 Å². The lowest BCUT2D eigenvalue weighted by molar-refractivity contribution is 0.0706. The summed E-state index contributed by atoms with van der Waals surface area (Å²) in [6, 6.07) is 13.5. The summed E-state index contributed by atoms with van der Waals surface area (Å²) in [7, 11) is 1.72. The monoisotopic (exact) mass is 326 g/mol. The van der Waals surface area contributed by atoms with Crippen LogP contribution >= 0.6 is 0 Å². The molecule has 0 aliphatic carbocycles. The van der Waals surface area contributed by atoms with Crippen LogP contribution in [-0.2, 0) is 13.0 Å². The lowest BCUT2D eigenvalue weighted by atomic mass is 10.1. The second-order valence-corrected chi connectivity index (χ2v) is 5.97. The maximum atomic E-state index is 11.4. The van der Waals surface area contributed by atoms with E-state index in [2.05, 4.69) is 11.0 Å². The van der Waals surface area contributed by atoms with Gasteiger partial charge < -0.3 is 9.64 Å². The van der Waals surface area contributed by atoms with Crippen molar-refractivity contribution in [2.45, 2.75) is 25.8 Å². The van der Waals surface area contributed by atoms with Crippen molar-refractivity contribution in [2.24, 2.45) is 0 Å². The fourth-order valence-electron chi connectivity index (χ4n) is 3.23. The normalized spacial score (nSPS) is 13.8. The van der Waals surface area contributed by atoms with Crippen LogP contribution in [0.4, 0.5) is 5.69 Å². The van der Waals surface area contributed by atoms with Gasteiger partial charge in [0.25, 0.3) is 5.91 Å². The highest BCUT2D eigenvalue weighted by atomic mass is 16.5. The van der Waals surface area contributed by atoms with Gasteiger partial charge in [-0.2, -0.15) is 0 Å². The van der Waals surface area contributed by atoms with E-state index >= 15 is 0 Å². The van der Waals surface area contributed by atoms with E-state index in [1.807, 2.05) is 24.3 Å². The molecule has 0 saturated carbocycles. The van der Waals surface area contributed by atoms with Gasteiger partial charge in [0, 0.05) is 29.9 Å². The first-order valence-corrected chi connectivity index (χ1v) is 8.17. The number of benzene rings is 2. The summed E-state index contributed by atoms with van der Waals surface area (Å²) in [5.41, 5.74) is 5.72. The Morgan fingerprint density at radius 3 is 2.71 bits per heavy atom. The van der Waals surface area contributed by atoms with E-state index in [1.54, 1.807) is 24.7 Å². The maximum Gasteiger partial charge on any atom is 0.274 e. The van der Waals surface area contributed by atoms with Crippen LogP contribution in [0.15, 0.2) is 42.5 Å². The summed E-state index contributed by atoms with van der Waals surface area (Å²) in [6.45, 7) is 1.78. The van der Waals surface area contributed by atoms with Crippen LogP contribution in [0.1, 0.15) is 34.3 Å². The van der Waals surface area contributed by atoms with Crippen LogP contribution in [0.2, 0.25) is 0 Å². The van der Waals surface area contributed by atoms with Gasteiger partial charge >= 0.3 is 0 Å². The molecule has 0 aromatic heterocycles. The molecule has 0 spiro atoms. The third-order valence-electron chi connectivity index (χ3n) is 4.46. The number of carbonyl (C=O) groups is 1. The minimum atomic E-state index is -0.494. The standard InChI is InChI=1S/C19H22N2O3/c1-24-18-7-4-6-17-16(18)5-2-3-12-21(17)13-14-8-10-15(11-9-14)19(22)20-23/h4,6-11,23H,2-3,5,12-13H2,1H3,(H,20,22). The van der Waals surface area contributed by atoms with Crippen molar-refractivity contribution in [3.05, 3.63) is 59.2 Å². The molecule has 0 unspecified atom stereocenters. The van der Waals surface area contributed by atoms with Gasteiger partial charge in [-0.05, 0) is 49.1 Å². The van der Waals surface area contributed by atoms with Crippen LogP contribution in [0.5, 0.6) is 5.75 Å². The zero-order chi connectivity index (χ0) is 16.9. The molecule has 2 aromatic carbocycles. The van der Waals surface area contributed by atoms with Crippen LogP contribution in [0.25, 0.3) is 0 Å². The smallest absolute Gasteiger partial charge is 0.274 e. The molecule has 5 heteroatoms. The number of hydroxylamine groups is 1. The van der Waals surface area contributed by atoms with Crippen molar-refractivity contribution in [1.29, 1.82) is 0 Å². The molecule has 0 radical (unpaired) electrons. The van der Waals surface area contributed by atoms with E-state index < -0.39 is 5.91 Å². The molecular weight excluding hydrogens is 304 g/mol. The van der Waals surface area contributed by atoms with Crippen molar-refractivity contribution in [1.82, 2.24) is 5.48 Å². The quantitative estimate of drug-likeness (QED) is 0.669. The highest BCUT2D eigenvalue weighted by Crippen LogP contribution is 2.34. The Hall–Kier alpha value is -2.53. The topological polar surface area (TPSA) is 61.8 Å². The molecule has 24 heavy (non-hydrogen) atoms. The van der Waals surface area contributed by atoms with Gasteiger partial charge in [0.2, 0.25) is 0 Å². The summed E-state index contributed by atoms with van der Waals surface area (Å²) in [4.78, 5) is 13.8. The molecule has 126 valence electrons. The summed E-state index contributed by atoms with van der Waals surface area (Å²) < 4.78 is 5.53. The Bertz CT molecular complexity index is 713. The molecule has 1 aliphatic heterocycles. The van der Waals surface area contributed by atoms with E-state index in [0.717, 1.165) is 43.7 Å². The van der Waals surface area contributed by atoms with E-state index in [4.69, 9.17) is 9.94 Å². The van der Waals surface area contributed by atoms with Gasteiger partial charge in [-0.25, -0.2) is 5.48 Å². The average Bonchev–Trinajstić information content (AvgIpc) is 2.84. The van der Waals surface area contributed by atoms with Crippen molar-refractivity contribution in [2.75, 3.05) is 18.6 Å². The number of ether oxygens (including phenoxy) is 1. The number of hydrogen-bond donors (Lipinski definition) is 2. The second kappa shape index (κ2) is 7.36. The van der Waals surface area contributed by atoms with E-state index in [9.17, 15) is 4.79 Å². The molecule has 2 N–H and O–H groups in total. The minimum Gasteiger partial charge on any atom is -0.496 e. The lowest BCUT2D eigenvalue weighted by Crippen LogP contribution is -2.24. The summed E-state index contributed by atoms with van der Waals surface area (Å²) in [5.74, 6) is 0.459. The first-order chi connectivity index (χ1) is 11.7. The second-order valence-electron chi connectivity index (χ2n) is 5.97. The molecule has 3 rings (SSSR count). The van der Waals surface area contributed by atoms with Gasteiger partial charge in [0.05, 0.1) is 7.11 Å². The molecule has 5 nitrogen and oxygen atoms in total. The SMILES string of the molecule is COc1cccc2c1CCCCN2Cc1ccc(C(=O)NO)cc1. The van der Waals surface area contributed by atoms with Crippen molar-refractivity contribution in [3.63, 3.8) is 0 Å². The molecule has 1 heterocycles. The van der Waals surface area contributed by atoms with Gasteiger partial charge in [-0.1, -0.05) is 18.2 Å². The lowest BCUT2D eigenvalue weighted by Gasteiger charge is -2.26. The van der Waals surface area contributed by atoms with Crippen LogP contribution in [0.3, 0.4) is 0 Å². The number of nitrogens with zero attached hydrogens (tertiary/aromatic N) is 1. The van der Waals surface area contributed by atoms with Crippen LogP contribution < -0.4 is 15.1 Å². The number of amides is 1. The Morgan fingerprint density at radius 2 is 2.00 bits per heavy atom. The Morgan fingerprint density at radius 1 is 1.21 bits per heavy atom. The van der Waals surface area contributed by atoms with E-state index in [1.165, 1.54) is 11.3 Å². The van der Waals surface area contributed by atoms with E-state index in [0.29, 0.717) is 5.56 Å². The summed E-state index contributed by atoms with van der Waals surface area (Å²) in [6.07, 6.45) is 3.33. The zero-order valence-electron chi connectivity index (χ0n) is 13.8. The summed E-state index contributed by atoms with van der Waals surface area (Å²) in [5, 5.41) is 8.69. The third-order valence-corrected chi connectivity index (χ3v) is 4.46. The van der Waals surface area contributed by atoms with Crippen LogP contribution in [-0.4, -0.2) is 24.8 Å². The van der Waals surface area contributed by atoms with E-state index in [-0.39, 0.29) is 0 Å². The van der Waals surface area contributed by atoms with Crippen LogP contribution in [0, 0.1) is 0 Å². The highest BCUT2D eigenvalue weighted by Gasteiger charge is 2.18. The predicted octanol–water partition coefficient (Wildman–Crippen LogP) is 3.16. The molecule has 2 aromatic rings. The summed E-state index contributed by atoms with van der Waals surface area (Å²) >= 11 is 0. The molecule has 1 aliphatic rings. The number of nitrogens with one attached hydrogen (secondary N) is 1.